The normalized spacial score (nSPS) is 34.2. The van der Waals surface area contributed by atoms with Crippen molar-refractivity contribution in [3.63, 3.8) is 0 Å². The number of allylic oxidation sites excluding steroid dienone is 2. The molecule has 0 spiro atoms. The fraction of sp³-hybridized carbons (Fsp3) is 0.375. The molecule has 20 heavy (non-hydrogen) atoms. The minimum Gasteiger partial charge on any atom is -0.274 e. The molecule has 3 nitrogen and oxygen atoms in total. The summed E-state index contributed by atoms with van der Waals surface area (Å²) < 4.78 is 0.796. The maximum Gasteiger partial charge on any atom is 0.238 e. The smallest absolute Gasteiger partial charge is 0.238 e. The maximum absolute atomic E-state index is 12.7. The van der Waals surface area contributed by atoms with Crippen molar-refractivity contribution in [3.05, 3.63) is 40.4 Å². The van der Waals surface area contributed by atoms with Crippen molar-refractivity contribution in [2.24, 2.45) is 23.7 Å². The summed E-state index contributed by atoms with van der Waals surface area (Å²) in [6.45, 7) is 1.97. The largest absolute Gasteiger partial charge is 0.274 e. The van der Waals surface area contributed by atoms with Crippen molar-refractivity contribution in [2.45, 2.75) is 13.3 Å². The highest BCUT2D eigenvalue weighted by atomic mass is 79.9. The van der Waals surface area contributed by atoms with Crippen molar-refractivity contribution < 1.29 is 9.59 Å². The number of imide groups is 1. The fourth-order valence-corrected chi connectivity index (χ4v) is 4.36. The van der Waals surface area contributed by atoms with E-state index in [2.05, 4.69) is 28.1 Å². The van der Waals surface area contributed by atoms with Gasteiger partial charge in [0.2, 0.25) is 11.8 Å². The second-order valence-electron chi connectivity index (χ2n) is 5.97. The van der Waals surface area contributed by atoms with E-state index in [1.807, 2.05) is 25.1 Å². The van der Waals surface area contributed by atoms with E-state index in [1.54, 1.807) is 0 Å². The molecule has 2 fully saturated rings. The summed E-state index contributed by atoms with van der Waals surface area (Å²) in [4.78, 5) is 26.8. The molecule has 1 heterocycles. The molecule has 102 valence electrons. The number of hydrogen-bond acceptors (Lipinski definition) is 2. The van der Waals surface area contributed by atoms with Crippen LogP contribution in [-0.4, -0.2) is 11.8 Å². The zero-order chi connectivity index (χ0) is 14.0. The van der Waals surface area contributed by atoms with Gasteiger partial charge in [0.15, 0.2) is 0 Å². The van der Waals surface area contributed by atoms with Gasteiger partial charge >= 0.3 is 0 Å². The van der Waals surface area contributed by atoms with Crippen LogP contribution in [0.5, 0.6) is 0 Å². The van der Waals surface area contributed by atoms with Crippen molar-refractivity contribution in [1.29, 1.82) is 0 Å². The molecule has 0 N–H and O–H groups in total. The van der Waals surface area contributed by atoms with Crippen LogP contribution in [0.2, 0.25) is 0 Å². The molecule has 4 rings (SSSR count). The van der Waals surface area contributed by atoms with Gasteiger partial charge in [-0.05, 0) is 58.8 Å². The zero-order valence-electron chi connectivity index (χ0n) is 11.0. The van der Waals surface area contributed by atoms with Crippen molar-refractivity contribution in [3.8, 4) is 0 Å². The van der Waals surface area contributed by atoms with E-state index in [1.165, 1.54) is 4.90 Å². The summed E-state index contributed by atoms with van der Waals surface area (Å²) in [6.07, 6.45) is 5.20. The third-order valence-corrected chi connectivity index (χ3v) is 5.48. The average molecular weight is 332 g/mol. The molecule has 1 aromatic carbocycles. The molecule has 1 saturated heterocycles. The fourth-order valence-electron chi connectivity index (χ4n) is 3.93. The number of fused-ring (bicyclic) bond motifs is 5. The van der Waals surface area contributed by atoms with E-state index >= 15 is 0 Å². The van der Waals surface area contributed by atoms with Gasteiger partial charge in [0, 0.05) is 4.47 Å². The zero-order valence-corrected chi connectivity index (χ0v) is 12.6. The molecule has 4 atom stereocenters. The maximum atomic E-state index is 12.7. The molecule has 0 aromatic heterocycles. The average Bonchev–Trinajstić information content (AvgIpc) is 3.08. The first kappa shape index (κ1) is 12.3. The van der Waals surface area contributed by atoms with E-state index in [4.69, 9.17) is 0 Å². The van der Waals surface area contributed by atoms with Crippen LogP contribution in [0.3, 0.4) is 0 Å². The van der Waals surface area contributed by atoms with Gasteiger partial charge in [0.05, 0.1) is 17.5 Å². The first-order valence-corrected chi connectivity index (χ1v) is 7.69. The minimum atomic E-state index is -0.134. The number of benzene rings is 1. The quantitative estimate of drug-likeness (QED) is 0.585. The number of anilines is 1. The van der Waals surface area contributed by atoms with Crippen molar-refractivity contribution in [1.82, 2.24) is 0 Å². The molecule has 3 aliphatic rings. The predicted octanol–water partition coefficient (Wildman–Crippen LogP) is 3.07. The summed E-state index contributed by atoms with van der Waals surface area (Å²) in [7, 11) is 0. The molecule has 2 aliphatic carbocycles. The minimum absolute atomic E-state index is 0.0249. The third-order valence-electron chi connectivity index (χ3n) is 4.81. The van der Waals surface area contributed by atoms with E-state index in [-0.39, 0.29) is 35.5 Å². The SMILES string of the molecule is Cc1ccc(Br)c(N2C(=O)C3C4C=CC(C4)C3C2=O)c1. The molecule has 1 aliphatic heterocycles. The van der Waals surface area contributed by atoms with E-state index in [0.29, 0.717) is 5.69 Å². The monoisotopic (exact) mass is 331 g/mol. The Balaban J connectivity index is 1.80. The molecule has 2 amide bonds. The number of rotatable bonds is 1. The van der Waals surface area contributed by atoms with Crippen LogP contribution in [0.1, 0.15) is 12.0 Å². The number of carbonyl (C=O) groups is 2. The topological polar surface area (TPSA) is 37.4 Å². The van der Waals surface area contributed by atoms with Crippen LogP contribution in [0.15, 0.2) is 34.8 Å². The lowest BCUT2D eigenvalue weighted by Gasteiger charge is -2.19. The molecule has 4 heteroatoms. The van der Waals surface area contributed by atoms with Crippen molar-refractivity contribution in [2.75, 3.05) is 4.90 Å². The molecule has 4 unspecified atom stereocenters. The van der Waals surface area contributed by atoms with Crippen LogP contribution >= 0.6 is 15.9 Å². The number of amides is 2. The Hall–Kier alpha value is -1.42. The van der Waals surface area contributed by atoms with Gasteiger partial charge in [-0.1, -0.05) is 18.2 Å². The Morgan fingerprint density at radius 2 is 1.70 bits per heavy atom. The first-order valence-electron chi connectivity index (χ1n) is 6.90. The van der Waals surface area contributed by atoms with Crippen LogP contribution in [-0.2, 0) is 9.59 Å². The summed E-state index contributed by atoms with van der Waals surface area (Å²) in [6, 6.07) is 5.76. The van der Waals surface area contributed by atoms with Crippen LogP contribution in [0, 0.1) is 30.6 Å². The van der Waals surface area contributed by atoms with Gasteiger partial charge in [-0.3, -0.25) is 9.59 Å². The van der Waals surface area contributed by atoms with E-state index in [9.17, 15) is 9.59 Å². The second-order valence-corrected chi connectivity index (χ2v) is 6.82. The van der Waals surface area contributed by atoms with Gasteiger partial charge in [0.25, 0.3) is 0 Å². The lowest BCUT2D eigenvalue weighted by molar-refractivity contribution is -0.123. The van der Waals surface area contributed by atoms with Gasteiger partial charge in [-0.25, -0.2) is 4.90 Å². The molecule has 2 bridgehead atoms. The van der Waals surface area contributed by atoms with E-state index < -0.39 is 0 Å². The lowest BCUT2D eigenvalue weighted by atomic mass is 9.85. The molecule has 1 saturated carbocycles. The van der Waals surface area contributed by atoms with Crippen LogP contribution in [0.4, 0.5) is 5.69 Å². The second kappa shape index (κ2) is 4.04. The Morgan fingerprint density at radius 1 is 1.10 bits per heavy atom. The Labute approximate surface area is 125 Å². The number of hydrogen-bond donors (Lipinski definition) is 0. The first-order chi connectivity index (χ1) is 9.58. The Bertz CT molecular complexity index is 636. The Kier molecular flexibility index (Phi) is 2.49. The van der Waals surface area contributed by atoms with Gasteiger partial charge in [-0.2, -0.15) is 0 Å². The lowest BCUT2D eigenvalue weighted by Crippen LogP contribution is -2.33. The highest BCUT2D eigenvalue weighted by Crippen LogP contribution is 2.53. The number of aryl methyl sites for hydroxylation is 1. The van der Waals surface area contributed by atoms with Crippen LogP contribution in [0.25, 0.3) is 0 Å². The highest BCUT2D eigenvalue weighted by Gasteiger charge is 2.59. The molecular formula is C16H14BrNO2. The number of nitrogens with zero attached hydrogens (tertiary/aromatic N) is 1. The molecule has 0 radical (unpaired) electrons. The summed E-state index contributed by atoms with van der Waals surface area (Å²) in [5.74, 6) is 0.200. The summed E-state index contributed by atoms with van der Waals surface area (Å²) in [5, 5.41) is 0. The third kappa shape index (κ3) is 1.46. The van der Waals surface area contributed by atoms with Crippen molar-refractivity contribution >= 4 is 33.4 Å². The van der Waals surface area contributed by atoms with Crippen LogP contribution < -0.4 is 4.90 Å². The van der Waals surface area contributed by atoms with Gasteiger partial charge in [-0.15, -0.1) is 0 Å². The predicted molar refractivity (Wildman–Crippen MR) is 79.1 cm³/mol. The summed E-state index contributed by atoms with van der Waals surface area (Å²) in [5.41, 5.74) is 1.73. The number of carbonyl (C=O) groups excluding carboxylic acids is 2. The molecule has 1 aromatic rings. The van der Waals surface area contributed by atoms with E-state index in [0.717, 1.165) is 16.5 Å². The van der Waals surface area contributed by atoms with Gasteiger partial charge in [0.1, 0.15) is 0 Å². The summed E-state index contributed by atoms with van der Waals surface area (Å²) >= 11 is 3.46. The van der Waals surface area contributed by atoms with Gasteiger partial charge < -0.3 is 0 Å². The Morgan fingerprint density at radius 3 is 2.30 bits per heavy atom. The highest BCUT2D eigenvalue weighted by molar-refractivity contribution is 9.10. The standard InChI is InChI=1S/C16H14BrNO2/c1-8-2-5-11(17)12(6-8)18-15(19)13-9-3-4-10(7-9)14(13)16(18)20/h2-6,9-10,13-14H,7H2,1H3. The molecular weight excluding hydrogens is 318 g/mol. The number of halogens is 1.